The predicted octanol–water partition coefficient (Wildman–Crippen LogP) is 3.79. The summed E-state index contributed by atoms with van der Waals surface area (Å²) in [5.74, 6) is 0. The molecule has 0 spiro atoms. The molecular formula is C11H9F6N3O2. The van der Waals surface area contributed by atoms with Crippen molar-refractivity contribution >= 4 is 12.2 Å². The Morgan fingerprint density at radius 3 is 2.00 bits per heavy atom. The lowest BCUT2D eigenvalue weighted by Gasteiger charge is -2.13. The second-order valence-corrected chi connectivity index (χ2v) is 4.00. The lowest BCUT2D eigenvalue weighted by molar-refractivity contribution is -0.143. The Bertz CT molecular complexity index is 523. The van der Waals surface area contributed by atoms with Crippen LogP contribution in [0.4, 0.5) is 32.0 Å². The third-order valence-corrected chi connectivity index (χ3v) is 2.21. The second kappa shape index (κ2) is 6.62. The average Bonchev–Trinajstić information content (AvgIpc) is 2.40. The van der Waals surface area contributed by atoms with Crippen LogP contribution in [-0.2, 0) is 21.9 Å². The topological polar surface area (TPSA) is 54.3 Å². The molecule has 0 amide bonds. The van der Waals surface area contributed by atoms with Gasteiger partial charge >= 0.3 is 12.4 Å². The number of alkyl halides is 6. The zero-order valence-corrected chi connectivity index (χ0v) is 10.9. The minimum Gasteiger partial charge on any atom is -0.445 e. The number of halogens is 6. The normalized spacial score (nSPS) is 12.5. The second-order valence-electron chi connectivity index (χ2n) is 4.00. The van der Waals surface area contributed by atoms with Crippen molar-refractivity contribution in [1.82, 2.24) is 5.01 Å². The van der Waals surface area contributed by atoms with E-state index in [1.165, 1.54) is 7.05 Å². The van der Waals surface area contributed by atoms with Crippen LogP contribution in [-0.4, -0.2) is 25.3 Å². The largest absolute Gasteiger partial charge is 0.445 e. The summed E-state index contributed by atoms with van der Waals surface area (Å²) in [7, 11) is 1.26. The molecule has 1 aromatic carbocycles. The molecule has 122 valence electrons. The van der Waals surface area contributed by atoms with Gasteiger partial charge in [0.2, 0.25) is 0 Å². The van der Waals surface area contributed by atoms with Gasteiger partial charge in [-0.2, -0.15) is 26.3 Å². The quantitative estimate of drug-likeness (QED) is 0.272. The molecule has 11 heteroatoms. The van der Waals surface area contributed by atoms with Crippen LogP contribution in [0, 0.1) is 0 Å². The van der Waals surface area contributed by atoms with Gasteiger partial charge in [0.05, 0.1) is 16.8 Å². The molecular weight excluding hydrogens is 320 g/mol. The van der Waals surface area contributed by atoms with E-state index < -0.39 is 29.2 Å². The lowest BCUT2D eigenvalue weighted by Crippen LogP contribution is -2.14. The monoisotopic (exact) mass is 329 g/mol. The molecule has 22 heavy (non-hydrogen) atoms. The Morgan fingerprint density at radius 1 is 1.09 bits per heavy atom. The van der Waals surface area contributed by atoms with E-state index in [1.54, 1.807) is 0 Å². The summed E-state index contributed by atoms with van der Waals surface area (Å²) in [6, 6.07) is 0.832. The van der Waals surface area contributed by atoms with Gasteiger partial charge in [-0.3, -0.25) is 4.79 Å². The van der Waals surface area contributed by atoms with Gasteiger partial charge in [0.25, 0.3) is 6.47 Å². The Balaban J connectivity index is 3.13. The van der Waals surface area contributed by atoms with E-state index in [4.69, 9.17) is 0 Å². The van der Waals surface area contributed by atoms with Crippen molar-refractivity contribution < 1.29 is 35.9 Å². The minimum absolute atomic E-state index is 0.0156. The van der Waals surface area contributed by atoms with Crippen LogP contribution in [0.3, 0.4) is 0 Å². The van der Waals surface area contributed by atoms with E-state index in [9.17, 15) is 31.1 Å². The fourth-order valence-corrected chi connectivity index (χ4v) is 1.29. The SMILES string of the molecule is CN(COC=O)N=Nc1cc(C(F)(F)F)cc(C(F)(F)F)c1. The summed E-state index contributed by atoms with van der Waals surface area (Å²) < 4.78 is 79.8. The summed E-state index contributed by atoms with van der Waals surface area (Å²) in [6.45, 7) is -0.268. The van der Waals surface area contributed by atoms with Crippen molar-refractivity contribution in [3.8, 4) is 0 Å². The molecule has 0 atom stereocenters. The number of ether oxygens (including phenoxy) is 1. The van der Waals surface area contributed by atoms with E-state index in [2.05, 4.69) is 15.1 Å². The highest BCUT2D eigenvalue weighted by molar-refractivity contribution is 5.45. The first kappa shape index (κ1) is 17.7. The number of rotatable bonds is 5. The summed E-state index contributed by atoms with van der Waals surface area (Å²) in [6.07, 6.45) is -9.92. The maximum absolute atomic E-state index is 12.6. The predicted molar refractivity (Wildman–Crippen MR) is 60.7 cm³/mol. The zero-order chi connectivity index (χ0) is 17.0. The number of nitrogens with zero attached hydrogens (tertiary/aromatic N) is 3. The molecule has 0 aliphatic rings. The maximum atomic E-state index is 12.6. The smallest absolute Gasteiger partial charge is 0.416 e. The fourth-order valence-electron chi connectivity index (χ4n) is 1.29. The Kier molecular flexibility index (Phi) is 5.33. The third-order valence-electron chi connectivity index (χ3n) is 2.21. The molecule has 0 aliphatic carbocycles. The minimum atomic E-state index is -4.96. The molecule has 0 radical (unpaired) electrons. The van der Waals surface area contributed by atoms with Crippen LogP contribution in [0.2, 0.25) is 0 Å². The third kappa shape index (κ3) is 5.22. The van der Waals surface area contributed by atoms with E-state index in [0.717, 1.165) is 5.01 Å². The summed E-state index contributed by atoms with van der Waals surface area (Å²) >= 11 is 0. The first-order valence-electron chi connectivity index (χ1n) is 5.51. The Labute approximate surface area is 120 Å². The van der Waals surface area contributed by atoms with Gasteiger partial charge in [-0.25, -0.2) is 5.01 Å². The van der Waals surface area contributed by atoms with Crippen molar-refractivity contribution in [3.63, 3.8) is 0 Å². The van der Waals surface area contributed by atoms with Crippen LogP contribution in [0.25, 0.3) is 0 Å². The van der Waals surface area contributed by atoms with Gasteiger partial charge in [-0.15, -0.1) is 5.11 Å². The van der Waals surface area contributed by atoms with Crippen molar-refractivity contribution in [3.05, 3.63) is 29.3 Å². The summed E-state index contributed by atoms with van der Waals surface area (Å²) in [5, 5.41) is 7.49. The molecule has 5 nitrogen and oxygen atoms in total. The van der Waals surface area contributed by atoms with E-state index in [1.807, 2.05) is 0 Å². The maximum Gasteiger partial charge on any atom is 0.416 e. The number of hydrogen-bond acceptors (Lipinski definition) is 4. The van der Waals surface area contributed by atoms with Crippen LogP contribution in [0.5, 0.6) is 0 Å². The fraction of sp³-hybridized carbons (Fsp3) is 0.364. The standard InChI is InChI=1S/C11H9F6N3O2/c1-20(5-22-6-21)19-18-9-3-7(10(12,13)14)2-8(4-9)11(15,16)17/h2-4,6H,5H2,1H3. The van der Waals surface area contributed by atoms with Crippen molar-refractivity contribution in [2.75, 3.05) is 13.8 Å². The molecule has 0 saturated carbocycles. The van der Waals surface area contributed by atoms with Gasteiger partial charge in [0, 0.05) is 7.05 Å². The van der Waals surface area contributed by atoms with Crippen LogP contribution in [0.1, 0.15) is 11.1 Å². The molecule has 0 heterocycles. The molecule has 0 saturated heterocycles. The summed E-state index contributed by atoms with van der Waals surface area (Å²) in [5.41, 5.74) is -3.63. The highest BCUT2D eigenvalue weighted by Gasteiger charge is 2.36. The average molecular weight is 329 g/mol. The first-order chi connectivity index (χ1) is 10.0. The number of hydrogen-bond donors (Lipinski definition) is 0. The summed E-state index contributed by atoms with van der Waals surface area (Å²) in [4.78, 5) is 9.92. The molecule has 0 unspecified atom stereocenters. The van der Waals surface area contributed by atoms with E-state index in [-0.39, 0.29) is 19.3 Å². The van der Waals surface area contributed by atoms with Gasteiger partial charge in [0.15, 0.2) is 6.73 Å². The number of carbonyl (C=O) groups excluding carboxylic acids is 1. The Morgan fingerprint density at radius 2 is 1.59 bits per heavy atom. The van der Waals surface area contributed by atoms with E-state index in [0.29, 0.717) is 12.1 Å². The molecule has 0 fully saturated rings. The molecule has 0 N–H and O–H groups in total. The van der Waals surface area contributed by atoms with Crippen LogP contribution >= 0.6 is 0 Å². The molecule has 0 bridgehead atoms. The molecule has 1 rings (SSSR count). The Hall–Kier alpha value is -2.33. The molecule has 0 aromatic heterocycles. The lowest BCUT2D eigenvalue weighted by atomic mass is 10.1. The van der Waals surface area contributed by atoms with Gasteiger partial charge in [-0.05, 0) is 18.2 Å². The number of benzene rings is 1. The highest BCUT2D eigenvalue weighted by atomic mass is 19.4. The molecule has 0 aliphatic heterocycles. The zero-order valence-electron chi connectivity index (χ0n) is 10.9. The van der Waals surface area contributed by atoms with Crippen molar-refractivity contribution in [2.24, 2.45) is 10.3 Å². The number of carbonyl (C=O) groups is 1. The van der Waals surface area contributed by atoms with E-state index >= 15 is 0 Å². The van der Waals surface area contributed by atoms with Crippen molar-refractivity contribution in [2.45, 2.75) is 12.4 Å². The van der Waals surface area contributed by atoms with Gasteiger partial charge in [0.1, 0.15) is 0 Å². The van der Waals surface area contributed by atoms with Gasteiger partial charge < -0.3 is 4.74 Å². The van der Waals surface area contributed by atoms with Crippen molar-refractivity contribution in [1.29, 1.82) is 0 Å². The van der Waals surface area contributed by atoms with Crippen LogP contribution in [0.15, 0.2) is 28.5 Å². The highest BCUT2D eigenvalue weighted by Crippen LogP contribution is 2.38. The van der Waals surface area contributed by atoms with Crippen LogP contribution < -0.4 is 0 Å². The van der Waals surface area contributed by atoms with Gasteiger partial charge in [-0.1, -0.05) is 5.22 Å². The first-order valence-corrected chi connectivity index (χ1v) is 5.51. The molecule has 1 aromatic rings.